The van der Waals surface area contributed by atoms with Gasteiger partial charge in [0, 0.05) is 26.7 Å². The monoisotopic (exact) mass is 435 g/mol. The molecule has 1 saturated heterocycles. The Morgan fingerprint density at radius 2 is 2.09 bits per heavy atom. The molecule has 0 aromatic carbocycles. The number of aryl methyl sites for hydroxylation is 1. The van der Waals surface area contributed by atoms with Crippen LogP contribution in [0.1, 0.15) is 37.4 Å². The van der Waals surface area contributed by atoms with Gasteiger partial charge in [-0.2, -0.15) is 4.98 Å². The van der Waals surface area contributed by atoms with Crippen LogP contribution < -0.4 is 5.32 Å². The number of guanidine groups is 1. The van der Waals surface area contributed by atoms with E-state index in [1.807, 2.05) is 6.92 Å². The molecule has 130 valence electrons. The molecule has 0 unspecified atom stereocenters. The summed E-state index contributed by atoms with van der Waals surface area (Å²) in [6.45, 7) is 5.21. The first kappa shape index (κ1) is 18.4. The van der Waals surface area contributed by atoms with Gasteiger partial charge in [-0.05, 0) is 38.5 Å². The maximum atomic E-state index is 5.98. The highest BCUT2D eigenvalue weighted by Gasteiger charge is 2.26. The molecule has 2 heterocycles. The fraction of sp³-hybridized carbons (Fsp3) is 0.800. The molecule has 1 aliphatic carbocycles. The molecule has 2 aliphatic rings. The van der Waals surface area contributed by atoms with E-state index in [1.165, 1.54) is 12.8 Å². The van der Waals surface area contributed by atoms with Crippen molar-refractivity contribution in [3.8, 4) is 0 Å². The Morgan fingerprint density at radius 3 is 2.65 bits per heavy atom. The van der Waals surface area contributed by atoms with E-state index in [2.05, 4.69) is 25.3 Å². The number of likely N-dealkylation sites (tertiary alicyclic amines) is 1. The van der Waals surface area contributed by atoms with Gasteiger partial charge in [-0.1, -0.05) is 5.16 Å². The number of nitrogens with zero attached hydrogens (tertiary/aromatic N) is 4. The zero-order valence-corrected chi connectivity index (χ0v) is 16.2. The van der Waals surface area contributed by atoms with Crippen molar-refractivity contribution in [1.29, 1.82) is 0 Å². The predicted octanol–water partition coefficient (Wildman–Crippen LogP) is 1.96. The highest BCUT2D eigenvalue weighted by Crippen LogP contribution is 2.30. The molecule has 0 spiro atoms. The number of nitrogens with one attached hydrogen (secondary N) is 1. The first-order valence-electron chi connectivity index (χ1n) is 8.11. The summed E-state index contributed by atoms with van der Waals surface area (Å²) < 4.78 is 11.1. The Balaban J connectivity index is 0.00000192. The number of aromatic nitrogens is 2. The molecule has 0 radical (unpaired) electrons. The largest absolute Gasteiger partial charge is 0.378 e. The van der Waals surface area contributed by atoms with Crippen molar-refractivity contribution in [2.24, 2.45) is 10.9 Å². The molecule has 1 aromatic heterocycles. The second-order valence-corrected chi connectivity index (χ2v) is 6.10. The Bertz CT molecular complexity index is 510. The average molecular weight is 435 g/mol. The fourth-order valence-corrected chi connectivity index (χ4v) is 2.69. The van der Waals surface area contributed by atoms with E-state index in [1.54, 1.807) is 7.05 Å². The van der Waals surface area contributed by atoms with Gasteiger partial charge in [-0.3, -0.25) is 4.99 Å². The highest BCUT2D eigenvalue weighted by atomic mass is 127. The van der Waals surface area contributed by atoms with Gasteiger partial charge in [0.1, 0.15) is 0 Å². The summed E-state index contributed by atoms with van der Waals surface area (Å²) in [7, 11) is 1.80. The number of ether oxygens (including phenoxy) is 1. The zero-order valence-electron chi connectivity index (χ0n) is 13.8. The van der Waals surface area contributed by atoms with Crippen molar-refractivity contribution in [2.45, 2.75) is 45.3 Å². The third kappa shape index (κ3) is 5.59. The maximum Gasteiger partial charge on any atom is 0.246 e. The lowest BCUT2D eigenvalue weighted by molar-refractivity contribution is 0.0131. The van der Waals surface area contributed by atoms with E-state index < -0.39 is 0 Å². The van der Waals surface area contributed by atoms with Crippen molar-refractivity contribution in [3.05, 3.63) is 11.7 Å². The van der Waals surface area contributed by atoms with Gasteiger partial charge in [0.05, 0.1) is 12.6 Å². The van der Waals surface area contributed by atoms with E-state index in [4.69, 9.17) is 9.26 Å². The van der Waals surface area contributed by atoms with E-state index in [0.29, 0.717) is 24.4 Å². The molecule has 0 atom stereocenters. The summed E-state index contributed by atoms with van der Waals surface area (Å²) in [6, 6.07) is 0. The van der Waals surface area contributed by atoms with E-state index in [9.17, 15) is 0 Å². The quantitative estimate of drug-likeness (QED) is 0.433. The molecule has 8 heteroatoms. The maximum absolute atomic E-state index is 5.98. The Kier molecular flexibility index (Phi) is 7.07. The SMILES string of the molecule is CN=C(NCc1nc(C)no1)N1CCC(OCC2CC2)CC1.I. The van der Waals surface area contributed by atoms with Crippen LogP contribution in [0.15, 0.2) is 9.52 Å². The van der Waals surface area contributed by atoms with Crippen molar-refractivity contribution < 1.29 is 9.26 Å². The minimum absolute atomic E-state index is 0. The van der Waals surface area contributed by atoms with Crippen LogP contribution in [0.25, 0.3) is 0 Å². The molecule has 7 nitrogen and oxygen atoms in total. The average Bonchev–Trinajstić information content (AvgIpc) is 3.28. The van der Waals surface area contributed by atoms with Gasteiger partial charge >= 0.3 is 0 Å². The van der Waals surface area contributed by atoms with Gasteiger partial charge in [-0.15, -0.1) is 24.0 Å². The Morgan fingerprint density at radius 1 is 1.35 bits per heavy atom. The second kappa shape index (κ2) is 8.81. The third-order valence-electron chi connectivity index (χ3n) is 4.19. The zero-order chi connectivity index (χ0) is 15.4. The summed E-state index contributed by atoms with van der Waals surface area (Å²) in [5, 5.41) is 7.07. The smallest absolute Gasteiger partial charge is 0.246 e. The molecule has 3 rings (SSSR count). The van der Waals surface area contributed by atoms with Crippen molar-refractivity contribution >= 4 is 29.9 Å². The van der Waals surface area contributed by atoms with Crippen LogP contribution in [-0.4, -0.2) is 53.8 Å². The van der Waals surface area contributed by atoms with Gasteiger partial charge in [-0.25, -0.2) is 0 Å². The van der Waals surface area contributed by atoms with Crippen LogP contribution in [-0.2, 0) is 11.3 Å². The molecule has 1 saturated carbocycles. The van der Waals surface area contributed by atoms with E-state index >= 15 is 0 Å². The number of rotatable bonds is 5. The van der Waals surface area contributed by atoms with Gasteiger partial charge in [0.25, 0.3) is 0 Å². The molecule has 23 heavy (non-hydrogen) atoms. The molecule has 1 aliphatic heterocycles. The summed E-state index contributed by atoms with van der Waals surface area (Å²) >= 11 is 0. The summed E-state index contributed by atoms with van der Waals surface area (Å²) in [6.07, 6.45) is 5.24. The summed E-state index contributed by atoms with van der Waals surface area (Å²) in [5.41, 5.74) is 0. The van der Waals surface area contributed by atoms with Gasteiger partial charge < -0.3 is 19.5 Å². The molecule has 1 N–H and O–H groups in total. The number of hydrogen-bond acceptors (Lipinski definition) is 5. The van der Waals surface area contributed by atoms with E-state index in [0.717, 1.165) is 44.4 Å². The van der Waals surface area contributed by atoms with Crippen LogP contribution in [0.4, 0.5) is 0 Å². The van der Waals surface area contributed by atoms with Crippen LogP contribution in [0, 0.1) is 12.8 Å². The summed E-state index contributed by atoms with van der Waals surface area (Å²) in [5.74, 6) is 2.96. The minimum Gasteiger partial charge on any atom is -0.378 e. The lowest BCUT2D eigenvalue weighted by Gasteiger charge is -2.34. The molecule has 0 amide bonds. The van der Waals surface area contributed by atoms with Crippen molar-refractivity contribution in [3.63, 3.8) is 0 Å². The van der Waals surface area contributed by atoms with Crippen molar-refractivity contribution in [1.82, 2.24) is 20.4 Å². The Labute approximate surface area is 154 Å². The van der Waals surface area contributed by atoms with Gasteiger partial charge in [0.15, 0.2) is 11.8 Å². The standard InChI is InChI=1S/C15H25N5O2.HI/c1-11-18-14(22-19-11)9-17-15(16-2)20-7-5-13(6-8-20)21-10-12-3-4-12;/h12-13H,3-10H2,1-2H3,(H,16,17);1H. The lowest BCUT2D eigenvalue weighted by Crippen LogP contribution is -2.46. The van der Waals surface area contributed by atoms with Crippen LogP contribution in [0.3, 0.4) is 0 Å². The normalized spacial score (nSPS) is 19.6. The van der Waals surface area contributed by atoms with E-state index in [-0.39, 0.29) is 24.0 Å². The lowest BCUT2D eigenvalue weighted by atomic mass is 10.1. The van der Waals surface area contributed by atoms with Crippen LogP contribution in [0.5, 0.6) is 0 Å². The first-order valence-corrected chi connectivity index (χ1v) is 8.11. The number of hydrogen-bond donors (Lipinski definition) is 1. The molecule has 2 fully saturated rings. The predicted molar refractivity (Wildman–Crippen MR) is 97.9 cm³/mol. The number of halogens is 1. The first-order chi connectivity index (χ1) is 10.7. The van der Waals surface area contributed by atoms with Crippen LogP contribution >= 0.6 is 24.0 Å². The van der Waals surface area contributed by atoms with Crippen LogP contribution in [0.2, 0.25) is 0 Å². The van der Waals surface area contributed by atoms with Crippen molar-refractivity contribution in [2.75, 3.05) is 26.7 Å². The second-order valence-electron chi connectivity index (χ2n) is 6.10. The number of piperidine rings is 1. The summed E-state index contributed by atoms with van der Waals surface area (Å²) in [4.78, 5) is 10.8. The molecule has 1 aromatic rings. The topological polar surface area (TPSA) is 75.8 Å². The molecule has 0 bridgehead atoms. The molecular weight excluding hydrogens is 409 g/mol. The van der Waals surface area contributed by atoms with Gasteiger partial charge in [0.2, 0.25) is 5.89 Å². The fourth-order valence-electron chi connectivity index (χ4n) is 2.69. The third-order valence-corrected chi connectivity index (χ3v) is 4.19. The number of aliphatic imine (C=N–C) groups is 1. The minimum atomic E-state index is 0. The molecular formula is C15H26IN5O2. The Hall–Kier alpha value is -0.900. The highest BCUT2D eigenvalue weighted by molar-refractivity contribution is 14.0.